The highest BCUT2D eigenvalue weighted by Crippen LogP contribution is 2.27. The molecule has 0 atom stereocenters. The van der Waals surface area contributed by atoms with Crippen molar-refractivity contribution in [3.05, 3.63) is 69.9 Å². The van der Waals surface area contributed by atoms with E-state index >= 15 is 0 Å². The van der Waals surface area contributed by atoms with Gasteiger partial charge in [0.2, 0.25) is 0 Å². The highest BCUT2D eigenvalue weighted by atomic mass is 16.3. The van der Waals surface area contributed by atoms with Crippen LogP contribution in [0.3, 0.4) is 0 Å². The normalized spacial score (nSPS) is 15.6. The van der Waals surface area contributed by atoms with Crippen LogP contribution in [-0.2, 0) is 0 Å². The van der Waals surface area contributed by atoms with Crippen LogP contribution in [0.15, 0.2) is 57.7 Å². The van der Waals surface area contributed by atoms with Crippen LogP contribution < -0.4 is 10.9 Å². The smallest absolute Gasteiger partial charge is 0.269 e. The number of hydrogen-bond donors (Lipinski definition) is 1. The van der Waals surface area contributed by atoms with Crippen LogP contribution in [0.25, 0.3) is 22.3 Å². The summed E-state index contributed by atoms with van der Waals surface area (Å²) in [5, 5.41) is 2.33. The number of hydrogen-bond acceptors (Lipinski definition) is 5. The summed E-state index contributed by atoms with van der Waals surface area (Å²) in [6.45, 7) is 5.05. The second-order valence-electron chi connectivity index (χ2n) is 7.16. The number of rotatable bonds is 3. The molecule has 6 nitrogen and oxygen atoms in total. The molecular formula is C22H23N3O3. The predicted molar refractivity (Wildman–Crippen MR) is 109 cm³/mol. The lowest BCUT2D eigenvalue weighted by Gasteiger charge is -2.32. The van der Waals surface area contributed by atoms with E-state index in [2.05, 4.69) is 17.4 Å². The second kappa shape index (κ2) is 7.58. The lowest BCUT2D eigenvalue weighted by atomic mass is 10.0. The highest BCUT2D eigenvalue weighted by Gasteiger charge is 2.21. The zero-order chi connectivity index (χ0) is 19.7. The third-order valence-electron chi connectivity index (χ3n) is 5.19. The number of fused-ring (bicyclic) bond motifs is 1. The Kier molecular flexibility index (Phi) is 4.98. The van der Waals surface area contributed by atoms with Crippen LogP contribution in [0, 0.1) is 6.92 Å². The zero-order valence-corrected chi connectivity index (χ0v) is 16.1. The van der Waals surface area contributed by atoms with Gasteiger partial charge in [0.05, 0.1) is 10.9 Å². The highest BCUT2D eigenvalue weighted by molar-refractivity contribution is 6.04. The van der Waals surface area contributed by atoms with Crippen LogP contribution in [0.5, 0.6) is 0 Å². The van der Waals surface area contributed by atoms with Crippen molar-refractivity contribution < 1.29 is 9.21 Å². The van der Waals surface area contributed by atoms with Crippen molar-refractivity contribution in [3.63, 3.8) is 0 Å². The molecule has 1 aromatic heterocycles. The molecule has 1 saturated heterocycles. The largest absolute Gasteiger partial charge is 0.455 e. The number of benzene rings is 2. The molecule has 0 spiro atoms. The molecule has 3 aromatic rings. The van der Waals surface area contributed by atoms with Crippen molar-refractivity contribution in [2.45, 2.75) is 6.92 Å². The number of para-hydroxylation sites is 1. The molecule has 0 unspecified atom stereocenters. The molecule has 0 aliphatic carbocycles. The van der Waals surface area contributed by atoms with Gasteiger partial charge in [0.1, 0.15) is 5.76 Å². The van der Waals surface area contributed by atoms with E-state index in [0.717, 1.165) is 31.7 Å². The lowest BCUT2D eigenvalue weighted by Crippen LogP contribution is -2.52. The lowest BCUT2D eigenvalue weighted by molar-refractivity contribution is 0.0663. The average Bonchev–Trinajstić information content (AvgIpc) is 2.72. The molecule has 28 heavy (non-hydrogen) atoms. The Bertz CT molecular complexity index is 1070. The van der Waals surface area contributed by atoms with Gasteiger partial charge in [-0.3, -0.25) is 15.0 Å². The monoisotopic (exact) mass is 377 g/mol. The summed E-state index contributed by atoms with van der Waals surface area (Å²) in [5.74, 6) is 0.235. The summed E-state index contributed by atoms with van der Waals surface area (Å²) in [6, 6.07) is 14.6. The molecule has 0 radical (unpaired) electrons. The Labute approximate surface area is 163 Å². The molecule has 1 aliphatic heterocycles. The SMILES string of the molecule is Cc1c(-c2ccccc2)oc2c(C(=O)NN3CCN(C)CC3)cccc2c1=O. The molecule has 1 fully saturated rings. The van der Waals surface area contributed by atoms with Gasteiger partial charge in [0.25, 0.3) is 5.91 Å². The van der Waals surface area contributed by atoms with Crippen LogP contribution in [0.1, 0.15) is 15.9 Å². The molecule has 144 valence electrons. The van der Waals surface area contributed by atoms with Crippen LogP contribution in [0.2, 0.25) is 0 Å². The number of carbonyl (C=O) groups is 1. The minimum atomic E-state index is -0.263. The number of amides is 1. The molecule has 2 aromatic carbocycles. The Morgan fingerprint density at radius 1 is 1.00 bits per heavy atom. The van der Waals surface area contributed by atoms with Gasteiger partial charge in [-0.25, -0.2) is 5.01 Å². The van der Waals surface area contributed by atoms with E-state index in [9.17, 15) is 9.59 Å². The average molecular weight is 377 g/mol. The Morgan fingerprint density at radius 3 is 2.43 bits per heavy atom. The van der Waals surface area contributed by atoms with Gasteiger partial charge in [-0.1, -0.05) is 36.4 Å². The molecular weight excluding hydrogens is 354 g/mol. The topological polar surface area (TPSA) is 65.8 Å². The number of piperazine rings is 1. The first-order chi connectivity index (χ1) is 13.5. The maximum Gasteiger partial charge on any atom is 0.269 e. The quantitative estimate of drug-likeness (QED) is 0.760. The van der Waals surface area contributed by atoms with Gasteiger partial charge in [0, 0.05) is 37.3 Å². The fourth-order valence-electron chi connectivity index (χ4n) is 3.48. The maximum absolute atomic E-state index is 12.9. The molecule has 4 rings (SSSR count). The molecule has 6 heteroatoms. The van der Waals surface area contributed by atoms with Crippen LogP contribution in [-0.4, -0.2) is 49.0 Å². The van der Waals surface area contributed by atoms with Gasteiger partial charge in [-0.2, -0.15) is 0 Å². The Hall–Kier alpha value is -2.96. The van der Waals surface area contributed by atoms with Crippen molar-refractivity contribution in [1.29, 1.82) is 0 Å². The summed E-state index contributed by atoms with van der Waals surface area (Å²) < 4.78 is 6.13. The second-order valence-corrected chi connectivity index (χ2v) is 7.16. The molecule has 1 amide bonds. The molecule has 1 aliphatic rings. The number of carbonyl (C=O) groups excluding carboxylic acids is 1. The molecule has 1 N–H and O–H groups in total. The Balaban J connectivity index is 1.76. The van der Waals surface area contributed by atoms with E-state index < -0.39 is 0 Å². The van der Waals surface area contributed by atoms with E-state index in [1.54, 1.807) is 25.1 Å². The van der Waals surface area contributed by atoms with Crippen LogP contribution in [0.4, 0.5) is 0 Å². The van der Waals surface area contributed by atoms with E-state index in [4.69, 9.17) is 4.42 Å². The zero-order valence-electron chi connectivity index (χ0n) is 16.1. The fraction of sp³-hybridized carbons (Fsp3) is 0.273. The summed E-state index contributed by atoms with van der Waals surface area (Å²) in [6.07, 6.45) is 0. The summed E-state index contributed by atoms with van der Waals surface area (Å²) in [5.41, 5.74) is 4.87. The maximum atomic E-state index is 12.9. The third kappa shape index (κ3) is 3.44. The summed E-state index contributed by atoms with van der Waals surface area (Å²) in [7, 11) is 2.06. The summed E-state index contributed by atoms with van der Waals surface area (Å²) >= 11 is 0. The number of nitrogens with zero attached hydrogens (tertiary/aromatic N) is 2. The number of likely N-dealkylation sites (N-methyl/N-ethyl adjacent to an activating group) is 1. The minimum Gasteiger partial charge on any atom is -0.455 e. The first-order valence-electron chi connectivity index (χ1n) is 9.41. The minimum absolute atomic E-state index is 0.116. The number of hydrazine groups is 1. The first-order valence-corrected chi connectivity index (χ1v) is 9.41. The third-order valence-corrected chi connectivity index (χ3v) is 5.19. The standard InChI is InChI=1S/C22H23N3O3/c1-15-19(26)17-9-6-10-18(22(27)23-25-13-11-24(2)12-14-25)21(17)28-20(15)16-7-4-3-5-8-16/h3-10H,11-14H2,1-2H3,(H,23,27). The van der Waals surface area contributed by atoms with Crippen LogP contribution >= 0.6 is 0 Å². The van der Waals surface area contributed by atoms with Gasteiger partial charge >= 0.3 is 0 Å². The van der Waals surface area contributed by atoms with Gasteiger partial charge in [0.15, 0.2) is 11.0 Å². The Morgan fingerprint density at radius 2 is 1.71 bits per heavy atom. The predicted octanol–water partition coefficient (Wildman–Crippen LogP) is 2.66. The van der Waals surface area contributed by atoms with Gasteiger partial charge in [-0.05, 0) is 26.1 Å². The number of nitrogens with one attached hydrogen (secondary N) is 1. The van der Waals surface area contributed by atoms with Gasteiger partial charge in [-0.15, -0.1) is 0 Å². The van der Waals surface area contributed by atoms with E-state index in [1.165, 1.54) is 0 Å². The van der Waals surface area contributed by atoms with E-state index in [-0.39, 0.29) is 11.3 Å². The van der Waals surface area contributed by atoms with E-state index in [1.807, 2.05) is 35.3 Å². The van der Waals surface area contributed by atoms with Crippen molar-refractivity contribution in [2.24, 2.45) is 0 Å². The molecule has 0 saturated carbocycles. The van der Waals surface area contributed by atoms with E-state index in [0.29, 0.717) is 27.9 Å². The van der Waals surface area contributed by atoms with Crippen molar-refractivity contribution in [3.8, 4) is 11.3 Å². The van der Waals surface area contributed by atoms with Gasteiger partial charge < -0.3 is 9.32 Å². The molecule has 0 bridgehead atoms. The summed E-state index contributed by atoms with van der Waals surface area (Å²) in [4.78, 5) is 28.1. The fourth-order valence-corrected chi connectivity index (χ4v) is 3.48. The van der Waals surface area contributed by atoms with Crippen molar-refractivity contribution in [2.75, 3.05) is 33.2 Å². The first kappa shape index (κ1) is 18.4. The van der Waals surface area contributed by atoms with Crippen molar-refractivity contribution in [1.82, 2.24) is 15.3 Å². The van der Waals surface area contributed by atoms with Crippen molar-refractivity contribution >= 4 is 16.9 Å². The molecule has 2 heterocycles.